The van der Waals surface area contributed by atoms with Gasteiger partial charge in [-0.05, 0) is 211 Å². The number of aliphatic hydroxyl groups is 1. The van der Waals surface area contributed by atoms with Crippen LogP contribution in [0.5, 0.6) is 0 Å². The van der Waals surface area contributed by atoms with E-state index in [0.29, 0.717) is 190 Å². The number of ether oxygens (including phenoxy) is 1. The Morgan fingerprint density at radius 3 is 1.47 bits per heavy atom. The van der Waals surface area contributed by atoms with E-state index < -0.39 is 60.2 Å². The number of carbonyl (C=O) groups is 6. The molecule has 7 N–H and O–H groups in total. The third-order valence-corrected chi connectivity index (χ3v) is 30.0. The lowest BCUT2D eigenvalue weighted by Crippen LogP contribution is -2.55. The Labute approximate surface area is 826 Å². The van der Waals surface area contributed by atoms with E-state index in [2.05, 4.69) is 49.4 Å². The zero-order valence-corrected chi connectivity index (χ0v) is 81.7. The third kappa shape index (κ3) is 25.7. The van der Waals surface area contributed by atoms with E-state index in [4.69, 9.17) is 51.0 Å². The van der Waals surface area contributed by atoms with E-state index in [-0.39, 0.29) is 104 Å². The van der Waals surface area contributed by atoms with Crippen LogP contribution in [0.15, 0.2) is 200 Å². The van der Waals surface area contributed by atoms with Gasteiger partial charge in [-0.2, -0.15) is 5.10 Å². The van der Waals surface area contributed by atoms with Crippen LogP contribution in [0, 0.1) is 17.2 Å². The van der Waals surface area contributed by atoms with Crippen molar-refractivity contribution in [2.75, 3.05) is 137 Å². The normalized spacial score (nSPS) is 18.8. The number of fused-ring (bicyclic) bond motifs is 2. The number of rotatable bonds is 20. The van der Waals surface area contributed by atoms with Gasteiger partial charge in [0.1, 0.15) is 24.0 Å². The number of halogens is 4. The number of thiazole rings is 3. The predicted octanol–water partition coefficient (Wildman–Crippen LogP) is 14.1. The number of benzene rings is 6. The van der Waals surface area contributed by atoms with Gasteiger partial charge in [-0.25, -0.2) is 46.0 Å². The van der Waals surface area contributed by atoms with Crippen LogP contribution in [-0.4, -0.2) is 245 Å². The number of aliphatic hydroxyl groups excluding tert-OH is 1. The smallest absolute Gasteiger partial charge is 0.409 e. The average Bonchev–Trinajstić information content (AvgIpc) is 1.63. The summed E-state index contributed by atoms with van der Waals surface area (Å²) >= 11 is 17.9. The first kappa shape index (κ1) is 102. The Hall–Kier alpha value is -10.8. The Bertz CT molecular complexity index is 6260. The summed E-state index contributed by atoms with van der Waals surface area (Å²) in [6.07, 6.45) is 10.2. The molecule has 6 aromatic carbocycles. The lowest BCUT2D eigenvalue weighted by Gasteiger charge is -2.38. The molecule has 135 heavy (non-hydrogen) atoms. The molecule has 0 spiro atoms. The molecule has 18 rings (SSSR count). The van der Waals surface area contributed by atoms with Crippen molar-refractivity contribution in [2.45, 2.75) is 123 Å². The van der Waals surface area contributed by atoms with E-state index in [1.807, 2.05) is 50.3 Å². The molecule has 7 atom stereocenters. The van der Waals surface area contributed by atoms with Crippen molar-refractivity contribution in [3.63, 3.8) is 0 Å². The van der Waals surface area contributed by atoms with Gasteiger partial charge in [0, 0.05) is 179 Å². The maximum Gasteiger partial charge on any atom is 0.409 e. The number of nitrogens with one attached hydrogen (secondary N) is 2. The van der Waals surface area contributed by atoms with Crippen LogP contribution in [0.25, 0.3) is 11.0 Å². The molecule has 12 heterocycles. The molecule has 0 saturated carbocycles. The maximum absolute atomic E-state index is 13.8. The Morgan fingerprint density at radius 1 is 0.578 bits per heavy atom. The molecule has 2 unspecified atom stereocenters. The summed E-state index contributed by atoms with van der Waals surface area (Å²) in [6, 6.07) is 33.1. The van der Waals surface area contributed by atoms with E-state index in [1.165, 1.54) is 107 Å². The summed E-state index contributed by atoms with van der Waals surface area (Å²) in [6.45, 7) is 17.7. The quantitative estimate of drug-likeness (QED) is 0.0442. The standard InChI is InChI=1S/C22H19ClFN5O3S.C21H31N3O5S.C20H15Cl2N5O3S2.C19H27N3O5S.2C3H4N2S.10H2/c23-21-16-9-12-29(18(16)8-7-17(21)24)19-10-13-28(22(19)30)14-3-5-15(6-4-14)33(31,32)27-20-2-1-11-25-26-20;1-21(2,3)14-18(25)20(27)23-12-10-22(11-13-23)17-8-9-24(19(17)26)15-4-6-16(7-5-15)30(28)29;21-14-9-16-18(10-15(14)22)27(11-24-16)17-5-7-26(19(17)28)12-1-3-13(4-2-12)32(29,30)25-20-23-6-8-31-20;1-14(2)13-27-19(24)21-11-9-20(10-12-21)17-7-8-22(18(17)23)15-3-5-16(6-4-15)28(25)26;2*4-3-5-1-2-6-3;;;;;;;;;;/h1-8,11,19H,9-10,12-13H2,(H,26,27);4-7,17-18,25H,8-14H2,1-3H3,(H,28,29);1-4,6,8-11,17H,5,7H2,(H,23,25);3-6,14,17H,7-13H2,1-2H3,(H,25,26);2*1-2H,(H2,4,5);10*1H/p-2/t19-;17-,18+;2*17-;;;;;;;;;;;;/m0000............/s1. The minimum absolute atomic E-state index is 0. The number of anilines is 9. The van der Waals surface area contributed by atoms with Gasteiger partial charge in [-0.3, -0.25) is 51.6 Å². The minimum Gasteiger partial charge on any atom is -0.768 e. The monoisotopic (exact) mass is 2060 g/mol. The van der Waals surface area contributed by atoms with Gasteiger partial charge in [-0.15, -0.1) is 39.1 Å². The van der Waals surface area contributed by atoms with Gasteiger partial charge in [-0.1, -0.05) is 69.4 Å². The van der Waals surface area contributed by atoms with Gasteiger partial charge in [0.05, 0.1) is 60.9 Å². The molecule has 7 aliphatic rings. The first-order chi connectivity index (χ1) is 64.4. The van der Waals surface area contributed by atoms with Gasteiger partial charge >= 0.3 is 6.09 Å². The number of hydrogen-bond donors (Lipinski definition) is 5. The molecular weight excluding hydrogens is 1940 g/mol. The second-order valence-corrected chi connectivity index (χ2v) is 42.6. The highest BCUT2D eigenvalue weighted by molar-refractivity contribution is 7.93. The van der Waals surface area contributed by atoms with Gasteiger partial charge < -0.3 is 69.3 Å². The Morgan fingerprint density at radius 2 is 1.03 bits per heavy atom. The Balaban J connectivity index is 0.000000467. The fourth-order valence-electron chi connectivity index (χ4n) is 16.2. The van der Waals surface area contributed by atoms with Crippen LogP contribution in [0.4, 0.5) is 58.8 Å². The average molecular weight is 2060 g/mol. The molecule has 0 aliphatic carbocycles. The van der Waals surface area contributed by atoms with Crippen LogP contribution in [-0.2, 0) is 77.3 Å². The largest absolute Gasteiger partial charge is 0.768 e. The number of nitrogens with zero attached hydrogens (tertiary/aromatic N) is 16. The molecule has 36 nitrogen and oxygen atoms in total. The summed E-state index contributed by atoms with van der Waals surface area (Å²) in [7, 11) is -7.60. The lowest BCUT2D eigenvalue weighted by molar-refractivity contribution is -0.144. The second-order valence-electron chi connectivity index (χ2n) is 33.4. The molecule has 0 radical (unpaired) electrons. The SMILES string of the molecule is CC(C)(C)C[C@@H](O)C(=O)N1CCN([C@H]2CCN(c3ccc(S(=O)[O-])cc3)C2=O)CC1.CC(C)COC(=O)N1CCN([C@H]2CCN(c3ccc(S(=O)[O-])cc3)C2=O)CC1.Nc1nccs1.Nc1nccs1.O=C1[C@@H](N2CCc3c2ccc(F)c3Cl)CCN1c1ccc(S(=O)(=O)Nc2cccnn2)cc1.O=C1[C@@H](n2cnc3cc(Cl)c(Cl)cc32)CCN1c1ccc(S(=O)(=O)Nc2nccs2)cc1.[HH].[HH].[HH].[HH].[HH].[HH].[HH].[HH].[HH].[HH]. The third-order valence-electron chi connectivity index (χ3n) is 22.8. The molecule has 0 bridgehead atoms. The molecule has 738 valence electrons. The summed E-state index contributed by atoms with van der Waals surface area (Å²) in [5.41, 5.74) is 15.8. The maximum atomic E-state index is 13.8. The van der Waals surface area contributed by atoms with Gasteiger partial charge in [0.15, 0.2) is 21.2 Å². The highest BCUT2D eigenvalue weighted by atomic mass is 35.5. The molecular formula is C88H118Cl3FN20O16S7-2. The molecule has 7 aliphatic heterocycles. The zero-order valence-electron chi connectivity index (χ0n) is 73.7. The number of amides is 6. The van der Waals surface area contributed by atoms with Crippen LogP contribution in [0.1, 0.15) is 92.6 Å². The predicted molar refractivity (Wildman–Crippen MR) is 538 cm³/mol. The number of nitrogens with two attached hydrogens (primary N) is 2. The fourth-order valence-corrected chi connectivity index (χ4v) is 21.0. The van der Waals surface area contributed by atoms with Crippen molar-refractivity contribution in [2.24, 2.45) is 11.3 Å². The number of aromatic nitrogens is 7. The molecule has 11 aromatic rings. The molecule has 5 aromatic heterocycles. The minimum atomic E-state index is -3.84. The Kier molecular flexibility index (Phi) is 34.2. The van der Waals surface area contributed by atoms with E-state index in [0.717, 1.165) is 16.8 Å². The van der Waals surface area contributed by atoms with Crippen molar-refractivity contribution >= 4 is 207 Å². The fraction of sp³-hybridized carbons (Fsp3) is 0.364. The molecule has 6 fully saturated rings. The number of carbonyl (C=O) groups excluding carboxylic acids is 6. The van der Waals surface area contributed by atoms with Gasteiger partial charge in [0.25, 0.3) is 26.0 Å². The van der Waals surface area contributed by atoms with Crippen molar-refractivity contribution in [3.8, 4) is 0 Å². The zero-order chi connectivity index (χ0) is 96.7. The highest BCUT2D eigenvalue weighted by Crippen LogP contribution is 2.41. The van der Waals surface area contributed by atoms with Gasteiger partial charge in [0.2, 0.25) is 23.6 Å². The number of piperazine rings is 2. The van der Waals surface area contributed by atoms with Crippen molar-refractivity contribution in [1.29, 1.82) is 0 Å². The number of nitrogen functional groups attached to an aromatic ring is 2. The molecule has 47 heteroatoms. The number of imidazole rings is 1. The summed E-state index contributed by atoms with van der Waals surface area (Å²) in [5.74, 6) is -0.450. The lowest BCUT2D eigenvalue weighted by atomic mass is 9.89. The van der Waals surface area contributed by atoms with Crippen LogP contribution in [0.2, 0.25) is 15.1 Å². The first-order valence-electron chi connectivity index (χ1n) is 42.7. The van der Waals surface area contributed by atoms with Crippen LogP contribution in [0.3, 0.4) is 0 Å². The second kappa shape index (κ2) is 45.4. The molecule has 6 amide bonds. The summed E-state index contributed by atoms with van der Waals surface area (Å²) in [4.78, 5) is 109. The van der Waals surface area contributed by atoms with Crippen LogP contribution < -0.4 is 45.4 Å². The van der Waals surface area contributed by atoms with E-state index in [1.54, 1.807) is 131 Å². The van der Waals surface area contributed by atoms with E-state index in [9.17, 15) is 72.6 Å². The van der Waals surface area contributed by atoms with Crippen LogP contribution >= 0.6 is 68.8 Å². The van der Waals surface area contributed by atoms with E-state index >= 15 is 0 Å². The topological polar surface area (TPSA) is 468 Å². The summed E-state index contributed by atoms with van der Waals surface area (Å²) in [5, 5.41) is 25.5. The number of hydrogen-bond acceptors (Lipinski definition) is 30. The highest BCUT2D eigenvalue weighted by Gasteiger charge is 2.44. The first-order valence-corrected chi connectivity index (χ1v) is 51.6. The van der Waals surface area contributed by atoms with Crippen molar-refractivity contribution in [1.82, 2.24) is 54.3 Å². The van der Waals surface area contributed by atoms with Crippen molar-refractivity contribution < 1.29 is 91.6 Å². The van der Waals surface area contributed by atoms with Crippen molar-refractivity contribution in [3.05, 3.63) is 207 Å². The number of sulfonamides is 2. The summed E-state index contributed by atoms with van der Waals surface area (Å²) < 4.78 is 120. The molecule has 6 saturated heterocycles.